The van der Waals surface area contributed by atoms with Crippen molar-refractivity contribution >= 4 is 29.9 Å². The number of amides is 1. The van der Waals surface area contributed by atoms with Gasteiger partial charge in [0.05, 0.1) is 4.88 Å². The minimum atomic E-state index is 0.120. The van der Waals surface area contributed by atoms with Gasteiger partial charge in [-0.15, -0.1) is 24.0 Å². The Hall–Kier alpha value is -1.26. The van der Waals surface area contributed by atoms with Crippen LogP contribution in [0.25, 0.3) is 0 Å². The highest BCUT2D eigenvalue weighted by molar-refractivity contribution is 7.80. The summed E-state index contributed by atoms with van der Waals surface area (Å²) in [6.45, 7) is 1.52. The molecule has 0 unspecified atom stereocenters. The van der Waals surface area contributed by atoms with E-state index in [0.29, 0.717) is 0 Å². The summed E-state index contributed by atoms with van der Waals surface area (Å²) in [5.74, 6) is 0.120. The van der Waals surface area contributed by atoms with Crippen LogP contribution >= 0.6 is 24.0 Å². The Morgan fingerprint density at radius 1 is 1.28 bits per heavy atom. The van der Waals surface area contributed by atoms with Crippen molar-refractivity contribution in [1.29, 1.82) is 0 Å². The number of thiophene rings is 1. The quantitative estimate of drug-likeness (QED) is 0.792. The van der Waals surface area contributed by atoms with Crippen molar-refractivity contribution < 1.29 is 4.79 Å². The first kappa shape index (κ1) is 11.8. The number of thiol groups is 1. The van der Waals surface area contributed by atoms with Crippen LogP contribution in [0, 0.1) is 0 Å². The molecular weight excluding hydrogens is 262 g/mol. The Labute approximate surface area is 116 Å². The van der Waals surface area contributed by atoms with E-state index in [-0.39, 0.29) is 5.91 Å². The molecule has 0 saturated heterocycles. The fourth-order valence-electron chi connectivity index (χ4n) is 2.26. The molecule has 0 radical (unpaired) electrons. The van der Waals surface area contributed by atoms with Crippen LogP contribution < -0.4 is 0 Å². The molecule has 0 aliphatic carbocycles. The van der Waals surface area contributed by atoms with E-state index >= 15 is 0 Å². The number of hydrogen-bond donors (Lipinski definition) is 1. The van der Waals surface area contributed by atoms with E-state index in [9.17, 15) is 4.79 Å². The lowest BCUT2D eigenvalue weighted by Crippen LogP contribution is -2.35. The first-order chi connectivity index (χ1) is 8.74. The predicted molar refractivity (Wildman–Crippen MR) is 76.5 cm³/mol. The van der Waals surface area contributed by atoms with Crippen molar-refractivity contribution in [2.75, 3.05) is 6.54 Å². The van der Waals surface area contributed by atoms with Gasteiger partial charge in [0.2, 0.25) is 0 Å². The van der Waals surface area contributed by atoms with Crippen LogP contribution in [-0.2, 0) is 13.0 Å². The number of carbonyl (C=O) groups is 1. The van der Waals surface area contributed by atoms with Gasteiger partial charge in [0, 0.05) is 23.4 Å². The molecule has 0 spiro atoms. The fraction of sp³-hybridized carbons (Fsp3) is 0.214. The molecule has 1 aromatic carbocycles. The summed E-state index contributed by atoms with van der Waals surface area (Å²) >= 11 is 5.71. The van der Waals surface area contributed by atoms with Gasteiger partial charge in [-0.25, -0.2) is 0 Å². The first-order valence-electron chi connectivity index (χ1n) is 5.87. The maximum absolute atomic E-state index is 12.3. The molecular formula is C14H13NOS2. The second-order valence-electron chi connectivity index (χ2n) is 4.41. The Morgan fingerprint density at radius 2 is 2.06 bits per heavy atom. The van der Waals surface area contributed by atoms with Crippen molar-refractivity contribution in [1.82, 2.24) is 4.90 Å². The Morgan fingerprint density at radius 3 is 2.78 bits per heavy atom. The second-order valence-corrected chi connectivity index (χ2v) is 5.84. The maximum atomic E-state index is 12.3. The van der Waals surface area contributed by atoms with Gasteiger partial charge in [0.1, 0.15) is 0 Å². The average molecular weight is 275 g/mol. The molecule has 1 amide bonds. The first-order valence-corrected chi connectivity index (χ1v) is 7.20. The minimum absolute atomic E-state index is 0.120. The predicted octanol–water partition coefficient (Wildman–Crippen LogP) is 3.24. The molecule has 2 aromatic rings. The third kappa shape index (κ3) is 2.18. The van der Waals surface area contributed by atoms with Crippen LogP contribution in [0.5, 0.6) is 0 Å². The zero-order valence-electron chi connectivity index (χ0n) is 9.80. The highest BCUT2D eigenvalue weighted by atomic mass is 32.1. The molecule has 2 heterocycles. The van der Waals surface area contributed by atoms with Crippen LogP contribution in [0.3, 0.4) is 0 Å². The minimum Gasteiger partial charge on any atom is -0.333 e. The topological polar surface area (TPSA) is 20.3 Å². The molecule has 1 aromatic heterocycles. The Kier molecular flexibility index (Phi) is 3.14. The molecule has 0 atom stereocenters. The van der Waals surface area contributed by atoms with Gasteiger partial charge >= 0.3 is 0 Å². The molecule has 0 fully saturated rings. The molecule has 2 nitrogen and oxygen atoms in total. The smallest absolute Gasteiger partial charge is 0.264 e. The van der Waals surface area contributed by atoms with E-state index in [1.165, 1.54) is 22.5 Å². The summed E-state index contributed by atoms with van der Waals surface area (Å²) in [4.78, 5) is 15.9. The fourth-order valence-corrected chi connectivity index (χ4v) is 3.38. The number of hydrogen-bond acceptors (Lipinski definition) is 3. The van der Waals surface area contributed by atoms with Crippen LogP contribution in [0.2, 0.25) is 0 Å². The molecule has 4 heteroatoms. The zero-order chi connectivity index (χ0) is 12.5. The number of nitrogens with zero attached hydrogens (tertiary/aromatic N) is 1. The molecule has 1 aliphatic rings. The highest BCUT2D eigenvalue weighted by Crippen LogP contribution is 2.23. The van der Waals surface area contributed by atoms with E-state index < -0.39 is 0 Å². The van der Waals surface area contributed by atoms with Gasteiger partial charge < -0.3 is 4.90 Å². The van der Waals surface area contributed by atoms with Gasteiger partial charge in [-0.2, -0.15) is 0 Å². The summed E-state index contributed by atoms with van der Waals surface area (Å²) in [5.41, 5.74) is 2.63. The molecule has 0 bridgehead atoms. The van der Waals surface area contributed by atoms with Gasteiger partial charge in [0.15, 0.2) is 0 Å². The third-order valence-electron chi connectivity index (χ3n) is 3.21. The summed E-state index contributed by atoms with van der Waals surface area (Å²) in [5, 5.41) is 1.90. The Balaban J connectivity index is 1.82. The maximum Gasteiger partial charge on any atom is 0.264 e. The third-order valence-corrected chi connectivity index (χ3v) is 4.57. The monoisotopic (exact) mass is 275 g/mol. The van der Waals surface area contributed by atoms with Crippen molar-refractivity contribution in [2.24, 2.45) is 0 Å². The van der Waals surface area contributed by atoms with E-state index in [2.05, 4.69) is 30.8 Å². The van der Waals surface area contributed by atoms with Crippen molar-refractivity contribution in [3.05, 3.63) is 51.7 Å². The van der Waals surface area contributed by atoms with Crippen molar-refractivity contribution in [3.8, 4) is 0 Å². The Bertz CT molecular complexity index is 591. The molecule has 1 aliphatic heterocycles. The standard InChI is InChI=1S/C14H13NOS2/c16-14(13-7-12(17)9-18-13)15-6-5-10-3-1-2-4-11(10)8-15/h1-4,7,9,17H,5-6,8H2. The summed E-state index contributed by atoms with van der Waals surface area (Å²) in [6, 6.07) is 10.2. The largest absolute Gasteiger partial charge is 0.333 e. The number of rotatable bonds is 1. The normalized spacial score (nSPS) is 14.4. The van der Waals surface area contributed by atoms with Gasteiger partial charge in [-0.3, -0.25) is 4.79 Å². The SMILES string of the molecule is O=C(c1cc(S)cs1)N1CCc2ccccc2C1. The summed E-state index contributed by atoms with van der Waals surface area (Å²) < 4.78 is 0. The lowest BCUT2D eigenvalue weighted by molar-refractivity contribution is 0.0739. The van der Waals surface area contributed by atoms with E-state index in [1.54, 1.807) is 0 Å². The van der Waals surface area contributed by atoms with Crippen LogP contribution in [0.4, 0.5) is 0 Å². The lowest BCUT2D eigenvalue weighted by Gasteiger charge is -2.28. The van der Waals surface area contributed by atoms with Crippen LogP contribution in [-0.4, -0.2) is 17.4 Å². The van der Waals surface area contributed by atoms with E-state index in [1.807, 2.05) is 22.4 Å². The molecule has 0 saturated carbocycles. The molecule has 18 heavy (non-hydrogen) atoms. The average Bonchev–Trinajstić information content (AvgIpc) is 2.84. The van der Waals surface area contributed by atoms with Crippen LogP contribution in [0.15, 0.2) is 40.6 Å². The number of benzene rings is 1. The highest BCUT2D eigenvalue weighted by Gasteiger charge is 2.22. The number of carbonyl (C=O) groups excluding carboxylic acids is 1. The zero-order valence-corrected chi connectivity index (χ0v) is 11.5. The van der Waals surface area contributed by atoms with E-state index in [4.69, 9.17) is 0 Å². The van der Waals surface area contributed by atoms with Gasteiger partial charge in [-0.05, 0) is 23.6 Å². The van der Waals surface area contributed by atoms with Crippen LogP contribution in [0.1, 0.15) is 20.8 Å². The summed E-state index contributed by atoms with van der Waals surface area (Å²) in [6.07, 6.45) is 0.945. The van der Waals surface area contributed by atoms with Gasteiger partial charge in [0.25, 0.3) is 5.91 Å². The molecule has 0 N–H and O–H groups in total. The number of fused-ring (bicyclic) bond motifs is 1. The van der Waals surface area contributed by atoms with Crippen molar-refractivity contribution in [3.63, 3.8) is 0 Å². The van der Waals surface area contributed by atoms with Gasteiger partial charge in [-0.1, -0.05) is 24.3 Å². The molecule has 92 valence electrons. The second kappa shape index (κ2) is 4.78. The molecule has 3 rings (SSSR count). The summed E-state index contributed by atoms with van der Waals surface area (Å²) in [7, 11) is 0. The lowest BCUT2D eigenvalue weighted by atomic mass is 10.00. The van der Waals surface area contributed by atoms with E-state index in [0.717, 1.165) is 29.3 Å². The van der Waals surface area contributed by atoms with Crippen molar-refractivity contribution in [2.45, 2.75) is 17.9 Å².